The lowest BCUT2D eigenvalue weighted by molar-refractivity contribution is 0.277. The van der Waals surface area contributed by atoms with E-state index in [9.17, 15) is 8.42 Å². The van der Waals surface area contributed by atoms with Crippen molar-refractivity contribution in [1.82, 2.24) is 0 Å². The molecule has 0 saturated carbocycles. The molecule has 5 nitrogen and oxygen atoms in total. The van der Waals surface area contributed by atoms with Gasteiger partial charge in [0.15, 0.2) is 0 Å². The summed E-state index contributed by atoms with van der Waals surface area (Å²) in [6, 6.07) is 6.23. The zero-order chi connectivity index (χ0) is 12.3. The lowest BCUT2D eigenvalue weighted by Gasteiger charge is -2.12. The lowest BCUT2D eigenvalue weighted by Crippen LogP contribution is -2.17. The Morgan fingerprint density at radius 1 is 1.12 bits per heavy atom. The van der Waals surface area contributed by atoms with E-state index in [1.807, 2.05) is 0 Å². The maximum absolute atomic E-state index is 11.8. The number of hydrogen-bond acceptors (Lipinski definition) is 4. The zero-order valence-corrected chi connectivity index (χ0v) is 10.0. The maximum atomic E-state index is 11.8. The molecule has 0 saturated heterocycles. The number of nitrogens with one attached hydrogen (secondary N) is 1. The van der Waals surface area contributed by atoms with Gasteiger partial charge in [0, 0.05) is 10.7 Å². The third kappa shape index (κ3) is 2.92. The molecule has 0 aromatic heterocycles. The second-order valence-corrected chi connectivity index (χ2v) is 5.13. The first-order chi connectivity index (χ1) is 8.08. The van der Waals surface area contributed by atoms with Gasteiger partial charge >= 0.3 is 0 Å². The summed E-state index contributed by atoms with van der Waals surface area (Å²) in [4.78, 5) is 0. The molecule has 1 N–H and O–H groups in total. The van der Waals surface area contributed by atoms with Gasteiger partial charge in [0.1, 0.15) is 18.8 Å². The van der Waals surface area contributed by atoms with Gasteiger partial charge in [-0.3, -0.25) is 4.72 Å². The van der Waals surface area contributed by atoms with Crippen LogP contribution in [0.2, 0.25) is 5.02 Å². The standard InChI is InChI=1S/C10H8ClNO4S/c11-8-1-3-9(4-2-8)12-17(13,14)10-7-15-5-6-16-10/h1-7,12H. The first-order valence-electron chi connectivity index (χ1n) is 4.54. The minimum atomic E-state index is -3.78. The molecule has 1 aliphatic heterocycles. The summed E-state index contributed by atoms with van der Waals surface area (Å²) in [5.74, 6) is 0. The Balaban J connectivity index is 2.17. The molecule has 1 aliphatic rings. The van der Waals surface area contributed by atoms with E-state index in [1.165, 1.54) is 6.26 Å². The molecular weight excluding hydrogens is 266 g/mol. The number of anilines is 1. The average Bonchev–Trinajstić information content (AvgIpc) is 2.33. The van der Waals surface area contributed by atoms with Crippen LogP contribution in [0.1, 0.15) is 0 Å². The quantitative estimate of drug-likeness (QED) is 0.918. The van der Waals surface area contributed by atoms with E-state index >= 15 is 0 Å². The van der Waals surface area contributed by atoms with Crippen molar-refractivity contribution in [3.8, 4) is 0 Å². The number of benzene rings is 1. The minimum Gasteiger partial charge on any atom is -0.465 e. The van der Waals surface area contributed by atoms with Crippen LogP contribution in [0.4, 0.5) is 5.69 Å². The van der Waals surface area contributed by atoms with Crippen molar-refractivity contribution in [1.29, 1.82) is 0 Å². The summed E-state index contributed by atoms with van der Waals surface area (Å²) in [5.41, 5.74) is 0.383. The summed E-state index contributed by atoms with van der Waals surface area (Å²) >= 11 is 5.69. The molecule has 0 aliphatic carbocycles. The van der Waals surface area contributed by atoms with Crippen LogP contribution in [-0.2, 0) is 19.5 Å². The van der Waals surface area contributed by atoms with Crippen molar-refractivity contribution in [3.63, 3.8) is 0 Å². The second-order valence-electron chi connectivity index (χ2n) is 3.08. The lowest BCUT2D eigenvalue weighted by atomic mass is 10.3. The first-order valence-corrected chi connectivity index (χ1v) is 6.40. The van der Waals surface area contributed by atoms with E-state index in [2.05, 4.69) is 4.72 Å². The molecule has 2 rings (SSSR count). The van der Waals surface area contributed by atoms with Crippen LogP contribution in [0.3, 0.4) is 0 Å². The van der Waals surface area contributed by atoms with Gasteiger partial charge in [-0.05, 0) is 24.3 Å². The number of rotatable bonds is 3. The molecule has 0 radical (unpaired) electrons. The van der Waals surface area contributed by atoms with Crippen LogP contribution in [0.5, 0.6) is 0 Å². The van der Waals surface area contributed by atoms with Crippen LogP contribution >= 0.6 is 11.6 Å². The molecule has 0 spiro atoms. The summed E-state index contributed by atoms with van der Waals surface area (Å²) in [6.45, 7) is 0. The Kier molecular flexibility index (Phi) is 3.26. The van der Waals surface area contributed by atoms with Crippen molar-refractivity contribution in [3.05, 3.63) is 53.2 Å². The van der Waals surface area contributed by atoms with Gasteiger partial charge in [0.2, 0.25) is 0 Å². The fourth-order valence-corrected chi connectivity index (χ4v) is 2.14. The molecule has 1 aromatic carbocycles. The van der Waals surface area contributed by atoms with E-state index in [1.54, 1.807) is 24.3 Å². The Hall–Kier alpha value is -1.66. The highest BCUT2D eigenvalue weighted by Gasteiger charge is 2.21. The smallest absolute Gasteiger partial charge is 0.298 e. The molecule has 0 atom stereocenters. The topological polar surface area (TPSA) is 64.6 Å². The normalized spacial score (nSPS) is 14.5. The summed E-state index contributed by atoms with van der Waals surface area (Å²) in [6.07, 6.45) is 3.36. The molecule has 90 valence electrons. The largest absolute Gasteiger partial charge is 0.465 e. The van der Waals surface area contributed by atoms with E-state index in [0.29, 0.717) is 10.7 Å². The van der Waals surface area contributed by atoms with Crippen molar-refractivity contribution in [2.45, 2.75) is 0 Å². The van der Waals surface area contributed by atoms with Crippen molar-refractivity contribution in [2.75, 3.05) is 4.72 Å². The van der Waals surface area contributed by atoms with Crippen molar-refractivity contribution < 1.29 is 17.9 Å². The predicted molar refractivity (Wildman–Crippen MR) is 63.4 cm³/mol. The Morgan fingerprint density at radius 3 is 2.41 bits per heavy atom. The molecule has 1 heterocycles. The van der Waals surface area contributed by atoms with Gasteiger partial charge in [-0.1, -0.05) is 11.6 Å². The van der Waals surface area contributed by atoms with E-state index in [4.69, 9.17) is 21.1 Å². The van der Waals surface area contributed by atoms with Gasteiger partial charge in [0.05, 0.1) is 0 Å². The predicted octanol–water partition coefficient (Wildman–Crippen LogP) is 2.40. The highest BCUT2D eigenvalue weighted by Crippen LogP contribution is 2.19. The van der Waals surface area contributed by atoms with Gasteiger partial charge < -0.3 is 9.47 Å². The van der Waals surface area contributed by atoms with Crippen LogP contribution in [0.25, 0.3) is 0 Å². The molecule has 0 amide bonds. The second kappa shape index (κ2) is 4.68. The Labute approximate surface area is 103 Å². The van der Waals surface area contributed by atoms with E-state index in [-0.39, 0.29) is 5.09 Å². The maximum Gasteiger partial charge on any atom is 0.298 e. The third-order valence-corrected chi connectivity index (χ3v) is 3.32. The fraction of sp³-hybridized carbons (Fsp3) is 0. The van der Waals surface area contributed by atoms with Crippen molar-refractivity contribution >= 4 is 27.3 Å². The number of ether oxygens (including phenoxy) is 2. The Bertz CT molecular complexity index is 562. The van der Waals surface area contributed by atoms with Gasteiger partial charge in [-0.15, -0.1) is 0 Å². The number of sulfonamides is 1. The molecule has 17 heavy (non-hydrogen) atoms. The molecule has 7 heteroatoms. The van der Waals surface area contributed by atoms with Crippen LogP contribution in [0.15, 0.2) is 48.1 Å². The molecule has 0 fully saturated rings. The van der Waals surface area contributed by atoms with Crippen LogP contribution in [0, 0.1) is 0 Å². The number of halogens is 1. The number of hydrogen-bond donors (Lipinski definition) is 1. The van der Waals surface area contributed by atoms with Gasteiger partial charge in [-0.25, -0.2) is 0 Å². The highest BCUT2D eigenvalue weighted by molar-refractivity contribution is 7.96. The zero-order valence-electron chi connectivity index (χ0n) is 8.46. The Morgan fingerprint density at radius 2 is 1.82 bits per heavy atom. The molecule has 0 bridgehead atoms. The summed E-state index contributed by atoms with van der Waals surface area (Å²) in [7, 11) is -3.78. The summed E-state index contributed by atoms with van der Waals surface area (Å²) in [5, 5.41) is 0.210. The molecule has 1 aromatic rings. The highest BCUT2D eigenvalue weighted by atomic mass is 35.5. The average molecular weight is 274 g/mol. The monoisotopic (exact) mass is 273 g/mol. The molecule has 0 unspecified atom stereocenters. The van der Waals surface area contributed by atoms with Crippen LogP contribution in [-0.4, -0.2) is 8.42 Å². The van der Waals surface area contributed by atoms with E-state index < -0.39 is 10.0 Å². The van der Waals surface area contributed by atoms with Gasteiger partial charge in [0.25, 0.3) is 15.1 Å². The van der Waals surface area contributed by atoms with E-state index in [0.717, 1.165) is 12.5 Å². The van der Waals surface area contributed by atoms with Crippen LogP contribution < -0.4 is 4.72 Å². The first kappa shape index (κ1) is 11.8. The fourth-order valence-electron chi connectivity index (χ4n) is 1.10. The summed E-state index contributed by atoms with van der Waals surface area (Å²) < 4.78 is 35.4. The van der Waals surface area contributed by atoms with Crippen molar-refractivity contribution in [2.24, 2.45) is 0 Å². The van der Waals surface area contributed by atoms with Gasteiger partial charge in [-0.2, -0.15) is 8.42 Å². The molecular formula is C10H8ClNO4S. The SMILES string of the molecule is O=S(=O)(Nc1ccc(Cl)cc1)C1=COC=CO1. The minimum absolute atomic E-state index is 0.310. The third-order valence-electron chi connectivity index (χ3n) is 1.84.